The number of rotatable bonds is 5. The third-order valence-corrected chi connectivity index (χ3v) is 3.62. The molecule has 0 aromatic carbocycles. The Balaban J connectivity index is 2.18. The first-order valence-corrected chi connectivity index (χ1v) is 6.57. The van der Waals surface area contributed by atoms with E-state index in [-0.39, 0.29) is 0 Å². The van der Waals surface area contributed by atoms with E-state index in [2.05, 4.69) is 23.3 Å². The Bertz CT molecular complexity index is 348. The molecule has 3 nitrogen and oxygen atoms in total. The van der Waals surface area contributed by atoms with E-state index in [0.29, 0.717) is 6.04 Å². The number of aromatic nitrogens is 1. The van der Waals surface area contributed by atoms with Crippen LogP contribution in [0, 0.1) is 5.92 Å². The molecule has 2 rings (SSSR count). The smallest absolute Gasteiger partial charge is 0.137 e. The van der Waals surface area contributed by atoms with Gasteiger partial charge in [0.25, 0.3) is 0 Å². The highest BCUT2D eigenvalue weighted by Gasteiger charge is 2.26. The second-order valence-corrected chi connectivity index (χ2v) is 4.74. The molecular formula is C14H22N2O. The van der Waals surface area contributed by atoms with E-state index in [1.54, 1.807) is 13.3 Å². The Hall–Kier alpha value is -1.09. The van der Waals surface area contributed by atoms with Gasteiger partial charge in [0.05, 0.1) is 13.3 Å². The van der Waals surface area contributed by atoms with Crippen molar-refractivity contribution in [3.63, 3.8) is 0 Å². The second kappa shape index (κ2) is 6.01. The average molecular weight is 234 g/mol. The highest BCUT2D eigenvalue weighted by molar-refractivity contribution is 5.26. The predicted octanol–water partition coefficient (Wildman–Crippen LogP) is 2.93. The lowest BCUT2D eigenvalue weighted by molar-refractivity contribution is 0.369. The van der Waals surface area contributed by atoms with Crippen molar-refractivity contribution < 1.29 is 4.74 Å². The molecule has 1 atom stereocenters. The van der Waals surface area contributed by atoms with E-state index in [1.807, 2.05) is 6.20 Å². The third-order valence-electron chi connectivity index (χ3n) is 3.62. The summed E-state index contributed by atoms with van der Waals surface area (Å²) in [5, 5.41) is 3.60. The lowest BCUT2D eigenvalue weighted by atomic mass is 9.92. The molecule has 0 bridgehead atoms. The molecule has 1 aromatic rings. The molecule has 94 valence electrons. The van der Waals surface area contributed by atoms with Crippen LogP contribution in [0.4, 0.5) is 0 Å². The number of hydrogen-bond acceptors (Lipinski definition) is 3. The normalized spacial score (nSPS) is 18.2. The Kier molecular flexibility index (Phi) is 4.37. The van der Waals surface area contributed by atoms with Crippen LogP contribution in [0.25, 0.3) is 0 Å². The van der Waals surface area contributed by atoms with Gasteiger partial charge in [-0.3, -0.25) is 4.98 Å². The number of nitrogens with zero attached hydrogens (tertiary/aromatic N) is 1. The van der Waals surface area contributed by atoms with E-state index in [1.165, 1.54) is 31.2 Å². The van der Waals surface area contributed by atoms with E-state index in [9.17, 15) is 0 Å². The Labute approximate surface area is 104 Å². The monoisotopic (exact) mass is 234 g/mol. The first-order chi connectivity index (χ1) is 8.35. The fourth-order valence-corrected chi connectivity index (χ4v) is 2.78. The van der Waals surface area contributed by atoms with Crippen LogP contribution in [-0.4, -0.2) is 18.6 Å². The third kappa shape index (κ3) is 2.97. The van der Waals surface area contributed by atoms with Crippen molar-refractivity contribution in [2.24, 2.45) is 5.92 Å². The van der Waals surface area contributed by atoms with Gasteiger partial charge in [-0.25, -0.2) is 0 Å². The summed E-state index contributed by atoms with van der Waals surface area (Å²) >= 11 is 0. The minimum absolute atomic E-state index is 0.435. The van der Waals surface area contributed by atoms with Crippen LogP contribution in [0.15, 0.2) is 18.5 Å². The Morgan fingerprint density at radius 3 is 2.82 bits per heavy atom. The van der Waals surface area contributed by atoms with Gasteiger partial charge in [0.1, 0.15) is 5.75 Å². The van der Waals surface area contributed by atoms with E-state index in [4.69, 9.17) is 4.74 Å². The molecule has 1 unspecified atom stereocenters. The van der Waals surface area contributed by atoms with Crippen molar-refractivity contribution in [2.75, 3.05) is 13.7 Å². The molecule has 1 aliphatic carbocycles. The van der Waals surface area contributed by atoms with Crippen molar-refractivity contribution in [3.05, 3.63) is 24.0 Å². The summed E-state index contributed by atoms with van der Waals surface area (Å²) < 4.78 is 5.26. The molecule has 1 N–H and O–H groups in total. The minimum Gasteiger partial charge on any atom is -0.495 e. The topological polar surface area (TPSA) is 34.2 Å². The molecular weight excluding hydrogens is 212 g/mol. The summed E-state index contributed by atoms with van der Waals surface area (Å²) in [5.74, 6) is 1.60. The van der Waals surface area contributed by atoms with E-state index < -0.39 is 0 Å². The summed E-state index contributed by atoms with van der Waals surface area (Å²) in [6.07, 6.45) is 9.12. The van der Waals surface area contributed by atoms with E-state index in [0.717, 1.165) is 18.2 Å². The summed E-state index contributed by atoms with van der Waals surface area (Å²) in [6.45, 7) is 3.16. The molecule has 0 amide bonds. The molecule has 0 spiro atoms. The molecule has 1 heterocycles. The van der Waals surface area contributed by atoms with Gasteiger partial charge < -0.3 is 10.1 Å². The lowest BCUT2D eigenvalue weighted by Gasteiger charge is -2.24. The number of nitrogens with one attached hydrogen (secondary N) is 1. The maximum Gasteiger partial charge on any atom is 0.137 e. The minimum atomic E-state index is 0.435. The zero-order valence-electron chi connectivity index (χ0n) is 10.8. The highest BCUT2D eigenvalue weighted by atomic mass is 16.5. The van der Waals surface area contributed by atoms with Gasteiger partial charge in [-0.15, -0.1) is 0 Å². The van der Waals surface area contributed by atoms with Gasteiger partial charge in [-0.05, 0) is 36.9 Å². The van der Waals surface area contributed by atoms with Crippen LogP contribution in [0.1, 0.15) is 44.2 Å². The number of pyridine rings is 1. The van der Waals surface area contributed by atoms with Crippen LogP contribution in [0.2, 0.25) is 0 Å². The fraction of sp³-hybridized carbons (Fsp3) is 0.643. The first-order valence-electron chi connectivity index (χ1n) is 6.57. The van der Waals surface area contributed by atoms with Gasteiger partial charge in [0.15, 0.2) is 0 Å². The second-order valence-electron chi connectivity index (χ2n) is 4.74. The SMILES string of the molecule is CCNC(c1cncc(OC)c1)C1CCCC1. The van der Waals surface area contributed by atoms with Crippen molar-refractivity contribution in [1.82, 2.24) is 10.3 Å². The highest BCUT2D eigenvalue weighted by Crippen LogP contribution is 2.36. The van der Waals surface area contributed by atoms with Gasteiger partial charge in [-0.2, -0.15) is 0 Å². The number of methoxy groups -OCH3 is 1. The molecule has 1 fully saturated rings. The average Bonchev–Trinajstić information content (AvgIpc) is 2.89. The molecule has 1 aromatic heterocycles. The predicted molar refractivity (Wildman–Crippen MR) is 69.2 cm³/mol. The molecule has 0 radical (unpaired) electrons. The van der Waals surface area contributed by atoms with Crippen LogP contribution < -0.4 is 10.1 Å². The maximum atomic E-state index is 5.26. The summed E-state index contributed by atoms with van der Waals surface area (Å²) in [6, 6.07) is 2.55. The fourth-order valence-electron chi connectivity index (χ4n) is 2.78. The first kappa shape index (κ1) is 12.4. The summed E-state index contributed by atoms with van der Waals surface area (Å²) in [4.78, 5) is 4.27. The van der Waals surface area contributed by atoms with Gasteiger partial charge in [0.2, 0.25) is 0 Å². The Morgan fingerprint density at radius 1 is 1.41 bits per heavy atom. The standard InChI is InChI=1S/C14H22N2O/c1-3-16-14(11-6-4-5-7-11)12-8-13(17-2)10-15-9-12/h8-11,14,16H,3-7H2,1-2H3. The van der Waals surface area contributed by atoms with E-state index >= 15 is 0 Å². The molecule has 3 heteroatoms. The molecule has 0 saturated heterocycles. The molecule has 0 aliphatic heterocycles. The summed E-state index contributed by atoms with van der Waals surface area (Å²) in [5.41, 5.74) is 1.26. The zero-order chi connectivity index (χ0) is 12.1. The van der Waals surface area contributed by atoms with Crippen LogP contribution >= 0.6 is 0 Å². The molecule has 1 aliphatic rings. The van der Waals surface area contributed by atoms with Crippen molar-refractivity contribution in [2.45, 2.75) is 38.6 Å². The Morgan fingerprint density at radius 2 is 2.18 bits per heavy atom. The van der Waals surface area contributed by atoms with Gasteiger partial charge in [-0.1, -0.05) is 19.8 Å². The van der Waals surface area contributed by atoms with Crippen LogP contribution in [0.3, 0.4) is 0 Å². The quantitative estimate of drug-likeness (QED) is 0.850. The van der Waals surface area contributed by atoms with Crippen molar-refractivity contribution >= 4 is 0 Å². The zero-order valence-corrected chi connectivity index (χ0v) is 10.8. The largest absolute Gasteiger partial charge is 0.495 e. The van der Waals surface area contributed by atoms with Crippen molar-refractivity contribution in [3.8, 4) is 5.75 Å². The summed E-state index contributed by atoms with van der Waals surface area (Å²) in [7, 11) is 1.69. The van der Waals surface area contributed by atoms with Crippen molar-refractivity contribution in [1.29, 1.82) is 0 Å². The number of hydrogen-bond donors (Lipinski definition) is 1. The van der Waals surface area contributed by atoms with Crippen LogP contribution in [-0.2, 0) is 0 Å². The van der Waals surface area contributed by atoms with Crippen LogP contribution in [0.5, 0.6) is 5.75 Å². The molecule has 17 heavy (non-hydrogen) atoms. The molecule has 1 saturated carbocycles. The number of ether oxygens (including phenoxy) is 1. The lowest BCUT2D eigenvalue weighted by Crippen LogP contribution is -2.27. The maximum absolute atomic E-state index is 5.26. The van der Waals surface area contributed by atoms with Gasteiger partial charge >= 0.3 is 0 Å². The van der Waals surface area contributed by atoms with Gasteiger partial charge in [0, 0.05) is 12.2 Å².